The molecule has 9 heteroatoms. The van der Waals surface area contributed by atoms with E-state index in [9.17, 15) is 18.0 Å². The Morgan fingerprint density at radius 1 is 1.19 bits per heavy atom. The largest absolute Gasteiger partial charge is 0.482 e. The van der Waals surface area contributed by atoms with Gasteiger partial charge < -0.3 is 14.8 Å². The number of hydrogen-bond acceptors (Lipinski definition) is 5. The summed E-state index contributed by atoms with van der Waals surface area (Å²) in [4.78, 5) is 15.5. The average molecular weight is 365 g/mol. The highest BCUT2D eigenvalue weighted by Crippen LogP contribution is 2.17. The Morgan fingerprint density at radius 3 is 2.62 bits per heavy atom. The number of pyridine rings is 1. The first kappa shape index (κ1) is 19.1. The Labute approximate surface area is 147 Å². The lowest BCUT2D eigenvalue weighted by Crippen LogP contribution is -2.28. The van der Waals surface area contributed by atoms with E-state index in [0.29, 0.717) is 16.9 Å². The van der Waals surface area contributed by atoms with Crippen LogP contribution in [0.1, 0.15) is 11.1 Å². The van der Waals surface area contributed by atoms with Crippen LogP contribution in [0.2, 0.25) is 0 Å². The molecule has 1 heterocycles. The van der Waals surface area contributed by atoms with Crippen molar-refractivity contribution in [2.45, 2.75) is 12.7 Å². The molecular weight excluding hydrogens is 351 g/mol. The monoisotopic (exact) mass is 365 g/mol. The number of alkyl halides is 3. The molecule has 1 N–H and O–H groups in total. The molecule has 0 aliphatic carbocycles. The predicted octanol–water partition coefficient (Wildman–Crippen LogP) is 2.59. The van der Waals surface area contributed by atoms with Crippen molar-refractivity contribution in [2.75, 3.05) is 13.2 Å². The number of aromatic nitrogens is 1. The van der Waals surface area contributed by atoms with Crippen LogP contribution in [0, 0.1) is 11.3 Å². The van der Waals surface area contributed by atoms with E-state index in [1.54, 1.807) is 24.3 Å². The molecule has 0 saturated carbocycles. The fraction of sp³-hybridized carbons (Fsp3) is 0.235. The van der Waals surface area contributed by atoms with Crippen molar-refractivity contribution in [3.8, 4) is 17.7 Å². The van der Waals surface area contributed by atoms with Crippen LogP contribution >= 0.6 is 0 Å². The third kappa shape index (κ3) is 6.32. The Balaban J connectivity index is 1.77. The fourth-order valence-electron chi connectivity index (χ4n) is 1.84. The zero-order chi connectivity index (χ0) is 19.0. The number of hydrogen-bond donors (Lipinski definition) is 1. The summed E-state index contributed by atoms with van der Waals surface area (Å²) in [6, 6.07) is 11.2. The summed E-state index contributed by atoms with van der Waals surface area (Å²) in [6.07, 6.45) is -3.13. The number of nitrogens with zero attached hydrogens (tertiary/aromatic N) is 2. The Hall–Kier alpha value is -3.28. The topological polar surface area (TPSA) is 84.2 Å². The molecule has 2 aromatic rings. The highest BCUT2D eigenvalue weighted by atomic mass is 19.4. The molecular formula is C17H14F3N3O3. The molecule has 1 aromatic heterocycles. The highest BCUT2D eigenvalue weighted by Gasteiger charge is 2.28. The fourth-order valence-corrected chi connectivity index (χ4v) is 1.84. The summed E-state index contributed by atoms with van der Waals surface area (Å²) in [7, 11) is 0. The van der Waals surface area contributed by atoms with Crippen LogP contribution in [0.4, 0.5) is 13.2 Å². The normalized spacial score (nSPS) is 10.7. The molecule has 2 rings (SSSR count). The van der Waals surface area contributed by atoms with Crippen LogP contribution in [-0.2, 0) is 11.3 Å². The summed E-state index contributed by atoms with van der Waals surface area (Å²) in [5.74, 6) is -0.276. The van der Waals surface area contributed by atoms with Crippen molar-refractivity contribution in [3.05, 3.63) is 53.7 Å². The van der Waals surface area contributed by atoms with Gasteiger partial charge >= 0.3 is 6.18 Å². The Morgan fingerprint density at radius 2 is 1.96 bits per heavy atom. The molecule has 0 aliphatic rings. The molecule has 0 atom stereocenters. The molecule has 0 saturated heterocycles. The molecule has 1 aromatic carbocycles. The van der Waals surface area contributed by atoms with Crippen LogP contribution in [0.5, 0.6) is 11.6 Å². The van der Waals surface area contributed by atoms with Crippen molar-refractivity contribution in [3.63, 3.8) is 0 Å². The van der Waals surface area contributed by atoms with Gasteiger partial charge in [-0.1, -0.05) is 18.2 Å². The van der Waals surface area contributed by atoms with Crippen LogP contribution in [0.15, 0.2) is 42.6 Å². The van der Waals surface area contributed by atoms with Crippen molar-refractivity contribution in [2.24, 2.45) is 0 Å². The number of para-hydroxylation sites is 1. The lowest BCUT2D eigenvalue weighted by Gasteiger charge is -2.10. The average Bonchev–Trinajstić information content (AvgIpc) is 2.63. The molecule has 0 bridgehead atoms. The summed E-state index contributed by atoms with van der Waals surface area (Å²) in [5.41, 5.74) is 0.897. The molecule has 6 nitrogen and oxygen atoms in total. The van der Waals surface area contributed by atoms with E-state index >= 15 is 0 Å². The van der Waals surface area contributed by atoms with Crippen LogP contribution in [0.25, 0.3) is 0 Å². The minimum atomic E-state index is -4.43. The molecule has 0 radical (unpaired) electrons. The maximum atomic E-state index is 12.0. The second-order valence-electron chi connectivity index (χ2n) is 5.08. The van der Waals surface area contributed by atoms with Gasteiger partial charge in [0.05, 0.1) is 5.56 Å². The van der Waals surface area contributed by atoms with E-state index in [0.717, 1.165) is 0 Å². The van der Waals surface area contributed by atoms with Crippen molar-refractivity contribution >= 4 is 5.91 Å². The first-order chi connectivity index (χ1) is 12.4. The molecule has 0 unspecified atom stereocenters. The van der Waals surface area contributed by atoms with Crippen molar-refractivity contribution < 1.29 is 27.4 Å². The SMILES string of the molecule is N#Cc1ccccc1OCC(=O)NCc1ccc(OCC(F)(F)F)nc1. The zero-order valence-electron chi connectivity index (χ0n) is 13.4. The van der Waals surface area contributed by atoms with E-state index in [2.05, 4.69) is 15.0 Å². The van der Waals surface area contributed by atoms with Gasteiger partial charge in [-0.2, -0.15) is 18.4 Å². The summed E-state index contributed by atoms with van der Waals surface area (Å²) in [6.45, 7) is -1.58. The molecule has 136 valence electrons. The summed E-state index contributed by atoms with van der Waals surface area (Å²) < 4.78 is 45.9. The minimum absolute atomic E-state index is 0.120. The van der Waals surface area contributed by atoms with Gasteiger partial charge in [-0.15, -0.1) is 0 Å². The number of halogens is 3. The van der Waals surface area contributed by atoms with Crippen LogP contribution in [-0.4, -0.2) is 30.3 Å². The number of carbonyl (C=O) groups is 1. The number of carbonyl (C=O) groups excluding carboxylic acids is 1. The maximum absolute atomic E-state index is 12.0. The van der Waals surface area contributed by atoms with E-state index in [1.165, 1.54) is 18.3 Å². The third-order valence-electron chi connectivity index (χ3n) is 3.04. The number of nitriles is 1. The van der Waals surface area contributed by atoms with Gasteiger partial charge in [0.25, 0.3) is 5.91 Å². The van der Waals surface area contributed by atoms with E-state index < -0.39 is 18.7 Å². The van der Waals surface area contributed by atoms with Gasteiger partial charge in [-0.3, -0.25) is 4.79 Å². The van der Waals surface area contributed by atoms with Gasteiger partial charge in [0.2, 0.25) is 5.88 Å². The smallest absolute Gasteiger partial charge is 0.422 e. The molecule has 26 heavy (non-hydrogen) atoms. The van der Waals surface area contributed by atoms with Crippen LogP contribution in [0.3, 0.4) is 0 Å². The van der Waals surface area contributed by atoms with Gasteiger partial charge in [0.15, 0.2) is 13.2 Å². The van der Waals surface area contributed by atoms with Crippen molar-refractivity contribution in [1.82, 2.24) is 10.3 Å². The number of amides is 1. The number of benzene rings is 1. The number of rotatable bonds is 7. The lowest BCUT2D eigenvalue weighted by atomic mass is 10.2. The standard InChI is InChI=1S/C17H14F3N3O3/c18-17(19,20)11-26-16-6-5-12(9-23-16)8-22-15(24)10-25-14-4-2-1-3-13(14)7-21/h1-6,9H,8,10-11H2,(H,22,24). The van der Waals surface area contributed by atoms with Crippen molar-refractivity contribution in [1.29, 1.82) is 5.26 Å². The maximum Gasteiger partial charge on any atom is 0.422 e. The Bertz CT molecular complexity index is 786. The molecule has 0 aliphatic heterocycles. The van der Waals surface area contributed by atoms with Gasteiger partial charge in [0, 0.05) is 18.8 Å². The molecule has 0 spiro atoms. The van der Waals surface area contributed by atoms with Gasteiger partial charge in [-0.05, 0) is 17.7 Å². The summed E-state index contributed by atoms with van der Waals surface area (Å²) >= 11 is 0. The van der Waals surface area contributed by atoms with Gasteiger partial charge in [-0.25, -0.2) is 4.98 Å². The number of ether oxygens (including phenoxy) is 2. The minimum Gasteiger partial charge on any atom is -0.482 e. The second kappa shape index (κ2) is 8.71. The second-order valence-corrected chi connectivity index (χ2v) is 5.08. The van der Waals surface area contributed by atoms with E-state index in [1.807, 2.05) is 6.07 Å². The molecule has 1 amide bonds. The quantitative estimate of drug-likeness (QED) is 0.815. The zero-order valence-corrected chi connectivity index (χ0v) is 13.4. The van der Waals surface area contributed by atoms with E-state index in [4.69, 9.17) is 10.00 Å². The Kier molecular flexibility index (Phi) is 6.38. The first-order valence-electron chi connectivity index (χ1n) is 7.40. The van der Waals surface area contributed by atoms with E-state index in [-0.39, 0.29) is 19.0 Å². The number of nitrogens with one attached hydrogen (secondary N) is 1. The molecule has 0 fully saturated rings. The predicted molar refractivity (Wildman–Crippen MR) is 84.3 cm³/mol. The third-order valence-corrected chi connectivity index (χ3v) is 3.04. The van der Waals surface area contributed by atoms with Gasteiger partial charge in [0.1, 0.15) is 11.8 Å². The summed E-state index contributed by atoms with van der Waals surface area (Å²) in [5, 5.41) is 11.5. The first-order valence-corrected chi connectivity index (χ1v) is 7.40. The van der Waals surface area contributed by atoms with Crippen LogP contribution < -0.4 is 14.8 Å². The lowest BCUT2D eigenvalue weighted by molar-refractivity contribution is -0.154. The highest BCUT2D eigenvalue weighted by molar-refractivity contribution is 5.77.